The van der Waals surface area contributed by atoms with Gasteiger partial charge in [0, 0.05) is 12.2 Å². The summed E-state index contributed by atoms with van der Waals surface area (Å²) < 4.78 is 0. The van der Waals surface area contributed by atoms with E-state index in [1.165, 1.54) is 6.20 Å². The van der Waals surface area contributed by atoms with Crippen LogP contribution in [0.3, 0.4) is 0 Å². The molecule has 18 heavy (non-hydrogen) atoms. The Labute approximate surface area is 106 Å². The number of nitrogens with one attached hydrogen (secondary N) is 2. The second-order valence-electron chi connectivity index (χ2n) is 4.50. The number of nitrogens with zero attached hydrogens (tertiary/aromatic N) is 2. The number of hydrogen-bond acceptors (Lipinski definition) is 4. The lowest BCUT2D eigenvalue weighted by Crippen LogP contribution is -2.42. The first-order valence-electron chi connectivity index (χ1n) is 6.09. The van der Waals surface area contributed by atoms with Crippen LogP contribution in [0.5, 0.6) is 0 Å². The van der Waals surface area contributed by atoms with E-state index >= 15 is 0 Å². The molecule has 2 rings (SSSR count). The molecular formula is C13H16N4O. The van der Waals surface area contributed by atoms with Crippen molar-refractivity contribution in [3.8, 4) is 6.07 Å². The van der Waals surface area contributed by atoms with Crippen molar-refractivity contribution < 1.29 is 4.79 Å². The lowest BCUT2D eigenvalue weighted by molar-refractivity contribution is 0.0929. The molecule has 0 atom stereocenters. The number of carbonyl (C=O) groups is 1. The highest BCUT2D eigenvalue weighted by atomic mass is 16.1. The molecule has 2 N–H and O–H groups in total. The molecule has 1 aromatic heterocycles. The minimum absolute atomic E-state index is 0.109. The first-order chi connectivity index (χ1) is 8.70. The highest BCUT2D eigenvalue weighted by Gasteiger charge is 2.17. The Balaban J connectivity index is 2.04. The van der Waals surface area contributed by atoms with E-state index in [2.05, 4.69) is 15.6 Å². The Morgan fingerprint density at radius 1 is 1.56 bits per heavy atom. The zero-order chi connectivity index (χ0) is 13.0. The van der Waals surface area contributed by atoms with Crippen molar-refractivity contribution in [2.75, 3.05) is 13.1 Å². The fraction of sp³-hybridized carbons (Fsp3) is 0.462. The minimum Gasteiger partial charge on any atom is -0.349 e. The number of rotatable bonds is 2. The second-order valence-corrected chi connectivity index (χ2v) is 4.50. The molecule has 0 bridgehead atoms. The molecule has 0 aromatic carbocycles. The van der Waals surface area contributed by atoms with E-state index in [-0.39, 0.29) is 11.9 Å². The van der Waals surface area contributed by atoms with Gasteiger partial charge >= 0.3 is 0 Å². The van der Waals surface area contributed by atoms with Gasteiger partial charge < -0.3 is 10.6 Å². The fourth-order valence-electron chi connectivity index (χ4n) is 2.05. The predicted molar refractivity (Wildman–Crippen MR) is 67.0 cm³/mol. The van der Waals surface area contributed by atoms with Crippen molar-refractivity contribution in [3.05, 3.63) is 29.1 Å². The van der Waals surface area contributed by atoms with Gasteiger partial charge in [0.2, 0.25) is 0 Å². The number of hydrogen-bond donors (Lipinski definition) is 2. The van der Waals surface area contributed by atoms with Crippen LogP contribution >= 0.6 is 0 Å². The number of carbonyl (C=O) groups excluding carboxylic acids is 1. The van der Waals surface area contributed by atoms with Crippen LogP contribution < -0.4 is 10.6 Å². The molecule has 0 spiro atoms. The molecule has 1 amide bonds. The molecule has 2 heterocycles. The Morgan fingerprint density at radius 3 is 2.89 bits per heavy atom. The zero-order valence-electron chi connectivity index (χ0n) is 10.4. The van der Waals surface area contributed by atoms with Crippen LogP contribution in [-0.2, 0) is 0 Å². The summed E-state index contributed by atoms with van der Waals surface area (Å²) in [6, 6.07) is 3.93. The van der Waals surface area contributed by atoms with Crippen molar-refractivity contribution in [1.29, 1.82) is 5.26 Å². The fourth-order valence-corrected chi connectivity index (χ4v) is 2.05. The van der Waals surface area contributed by atoms with E-state index in [4.69, 9.17) is 5.26 Å². The average Bonchev–Trinajstić information content (AvgIpc) is 2.39. The van der Waals surface area contributed by atoms with Gasteiger partial charge in [-0.3, -0.25) is 4.79 Å². The normalized spacial score (nSPS) is 16.0. The average molecular weight is 244 g/mol. The Bertz CT molecular complexity index is 486. The van der Waals surface area contributed by atoms with E-state index in [0.717, 1.165) is 31.5 Å². The molecule has 0 saturated carbocycles. The first kappa shape index (κ1) is 12.5. The summed E-state index contributed by atoms with van der Waals surface area (Å²) in [5, 5.41) is 15.0. The summed E-state index contributed by atoms with van der Waals surface area (Å²) in [6.07, 6.45) is 3.37. The molecule has 1 aliphatic rings. The number of aromatic nitrogens is 1. The van der Waals surface area contributed by atoms with Crippen molar-refractivity contribution in [1.82, 2.24) is 15.6 Å². The summed E-state index contributed by atoms with van der Waals surface area (Å²) in [5.41, 5.74) is 1.62. The first-order valence-corrected chi connectivity index (χ1v) is 6.09. The molecule has 5 nitrogen and oxygen atoms in total. The SMILES string of the molecule is Cc1cc(C(=O)NC2CCNCC2)cnc1C#N. The molecule has 1 fully saturated rings. The summed E-state index contributed by atoms with van der Waals surface area (Å²) in [6.45, 7) is 3.66. The molecule has 1 aromatic rings. The number of aryl methyl sites for hydroxylation is 1. The van der Waals surface area contributed by atoms with Gasteiger partial charge in [-0.15, -0.1) is 0 Å². The van der Waals surface area contributed by atoms with Crippen molar-refractivity contribution in [2.45, 2.75) is 25.8 Å². The van der Waals surface area contributed by atoms with Gasteiger partial charge in [-0.25, -0.2) is 4.98 Å². The Kier molecular flexibility index (Phi) is 3.90. The number of nitriles is 1. The van der Waals surface area contributed by atoms with Crippen LogP contribution in [0.2, 0.25) is 0 Å². The molecular weight excluding hydrogens is 228 g/mol. The van der Waals surface area contributed by atoms with Crippen LogP contribution in [0.15, 0.2) is 12.3 Å². The van der Waals surface area contributed by atoms with E-state index in [1.807, 2.05) is 6.07 Å². The predicted octanol–water partition coefficient (Wildman–Crippen LogP) is 0.743. The number of amides is 1. The third kappa shape index (κ3) is 2.84. The van der Waals surface area contributed by atoms with Gasteiger partial charge in [0.25, 0.3) is 5.91 Å². The lowest BCUT2D eigenvalue weighted by Gasteiger charge is -2.23. The van der Waals surface area contributed by atoms with Gasteiger partial charge in [0.1, 0.15) is 11.8 Å². The minimum atomic E-state index is -0.109. The van der Waals surface area contributed by atoms with E-state index in [0.29, 0.717) is 11.3 Å². The van der Waals surface area contributed by atoms with E-state index in [9.17, 15) is 4.79 Å². The molecule has 1 saturated heterocycles. The summed E-state index contributed by atoms with van der Waals surface area (Å²) in [7, 11) is 0. The maximum absolute atomic E-state index is 12.0. The quantitative estimate of drug-likeness (QED) is 0.804. The third-order valence-corrected chi connectivity index (χ3v) is 3.12. The van der Waals surface area contributed by atoms with Gasteiger partial charge in [0.15, 0.2) is 0 Å². The molecule has 94 valence electrons. The molecule has 0 radical (unpaired) electrons. The van der Waals surface area contributed by atoms with E-state index in [1.54, 1.807) is 13.0 Å². The van der Waals surface area contributed by atoms with Crippen molar-refractivity contribution in [3.63, 3.8) is 0 Å². The third-order valence-electron chi connectivity index (χ3n) is 3.12. The van der Waals surface area contributed by atoms with Gasteiger partial charge in [0.05, 0.1) is 5.56 Å². The number of piperidine rings is 1. The number of pyridine rings is 1. The van der Waals surface area contributed by atoms with Gasteiger partial charge in [-0.2, -0.15) is 5.26 Å². The van der Waals surface area contributed by atoms with Crippen LogP contribution in [0.4, 0.5) is 0 Å². The Morgan fingerprint density at radius 2 is 2.28 bits per heavy atom. The highest BCUT2D eigenvalue weighted by molar-refractivity contribution is 5.94. The maximum atomic E-state index is 12.0. The zero-order valence-corrected chi connectivity index (χ0v) is 10.4. The molecule has 0 aliphatic carbocycles. The topological polar surface area (TPSA) is 77.8 Å². The van der Waals surface area contributed by atoms with Crippen LogP contribution in [-0.4, -0.2) is 30.0 Å². The van der Waals surface area contributed by atoms with Crippen molar-refractivity contribution in [2.24, 2.45) is 0 Å². The largest absolute Gasteiger partial charge is 0.349 e. The second kappa shape index (κ2) is 5.61. The van der Waals surface area contributed by atoms with Gasteiger partial charge in [-0.05, 0) is 44.5 Å². The summed E-state index contributed by atoms with van der Waals surface area (Å²) in [4.78, 5) is 16.0. The van der Waals surface area contributed by atoms with Gasteiger partial charge in [-0.1, -0.05) is 0 Å². The van der Waals surface area contributed by atoms with Crippen molar-refractivity contribution >= 4 is 5.91 Å². The van der Waals surface area contributed by atoms with Crippen LogP contribution in [0, 0.1) is 18.3 Å². The summed E-state index contributed by atoms with van der Waals surface area (Å²) >= 11 is 0. The molecule has 0 unspecified atom stereocenters. The van der Waals surface area contributed by atoms with E-state index < -0.39 is 0 Å². The monoisotopic (exact) mass is 244 g/mol. The maximum Gasteiger partial charge on any atom is 0.253 e. The lowest BCUT2D eigenvalue weighted by atomic mass is 10.1. The Hall–Kier alpha value is -1.93. The molecule has 5 heteroatoms. The highest BCUT2D eigenvalue weighted by Crippen LogP contribution is 2.08. The van der Waals surface area contributed by atoms with Crippen LogP contribution in [0.25, 0.3) is 0 Å². The standard InChI is InChI=1S/C13H16N4O/c1-9-6-10(8-16-12(9)7-14)13(18)17-11-2-4-15-5-3-11/h6,8,11,15H,2-5H2,1H3,(H,17,18). The summed E-state index contributed by atoms with van der Waals surface area (Å²) in [5.74, 6) is -0.109. The molecule has 1 aliphatic heterocycles. The smallest absolute Gasteiger partial charge is 0.253 e. The van der Waals surface area contributed by atoms with Crippen LogP contribution in [0.1, 0.15) is 34.5 Å².